The fourth-order valence-electron chi connectivity index (χ4n) is 4.11. The Balaban J connectivity index is 1.67. The third-order valence-corrected chi connectivity index (χ3v) is 5.74. The smallest absolute Gasteiger partial charge is 0.341 e. The summed E-state index contributed by atoms with van der Waals surface area (Å²) in [5.41, 5.74) is 3.79. The summed E-state index contributed by atoms with van der Waals surface area (Å²) >= 11 is 0. The van der Waals surface area contributed by atoms with Gasteiger partial charge in [-0.05, 0) is 29.8 Å². The molecule has 36 heavy (non-hydrogen) atoms. The monoisotopic (exact) mass is 488 g/mol. The minimum Gasteiger partial charge on any atom is -0.493 e. The zero-order valence-electron chi connectivity index (χ0n) is 19.8. The van der Waals surface area contributed by atoms with E-state index in [1.165, 1.54) is 0 Å². The number of aliphatic carboxylic acids is 1. The summed E-state index contributed by atoms with van der Waals surface area (Å²) in [6.45, 7) is 0.0617. The van der Waals surface area contributed by atoms with Crippen molar-refractivity contribution in [3.8, 4) is 51.3 Å². The molecule has 0 fully saturated rings. The van der Waals surface area contributed by atoms with Gasteiger partial charge in [-0.1, -0.05) is 36.4 Å². The first-order valence-electron chi connectivity index (χ1n) is 11.2. The van der Waals surface area contributed by atoms with Gasteiger partial charge < -0.3 is 28.8 Å². The van der Waals surface area contributed by atoms with Gasteiger partial charge in [0, 0.05) is 17.2 Å². The van der Waals surface area contributed by atoms with E-state index in [0.29, 0.717) is 46.5 Å². The second kappa shape index (κ2) is 9.91. The number of carbonyl (C=O) groups is 1. The lowest BCUT2D eigenvalue weighted by Gasteiger charge is -2.14. The molecule has 184 valence electrons. The van der Waals surface area contributed by atoms with Gasteiger partial charge in [0.1, 0.15) is 5.75 Å². The summed E-state index contributed by atoms with van der Waals surface area (Å²) in [6, 6.07) is 20.9. The molecule has 5 rings (SSSR count). The van der Waals surface area contributed by atoms with E-state index in [2.05, 4.69) is 0 Å². The quantitative estimate of drug-likeness (QED) is 0.368. The fraction of sp³-hybridized carbons (Fsp3) is 0.185. The number of aromatic nitrogens is 2. The predicted molar refractivity (Wildman–Crippen MR) is 131 cm³/mol. The Kier molecular flexibility index (Phi) is 6.36. The van der Waals surface area contributed by atoms with Gasteiger partial charge in [-0.15, -0.1) is 0 Å². The minimum atomic E-state index is -1.09. The van der Waals surface area contributed by atoms with Gasteiger partial charge in [0.05, 0.1) is 32.2 Å². The Bertz CT molecular complexity index is 1400. The van der Waals surface area contributed by atoms with Crippen molar-refractivity contribution in [2.75, 3.05) is 27.6 Å². The molecule has 0 radical (unpaired) electrons. The van der Waals surface area contributed by atoms with E-state index in [9.17, 15) is 9.90 Å². The zero-order chi connectivity index (χ0) is 25.1. The van der Waals surface area contributed by atoms with Crippen LogP contribution in [0.5, 0.6) is 28.7 Å². The van der Waals surface area contributed by atoms with Gasteiger partial charge in [0.25, 0.3) is 0 Å². The van der Waals surface area contributed by atoms with Gasteiger partial charge in [0.2, 0.25) is 6.79 Å². The highest BCUT2D eigenvalue weighted by atomic mass is 16.7. The number of para-hydroxylation sites is 1. The summed E-state index contributed by atoms with van der Waals surface area (Å²) in [4.78, 5) is 11.2. The van der Waals surface area contributed by atoms with E-state index in [1.54, 1.807) is 26.4 Å². The number of nitrogens with zero attached hydrogens (tertiary/aromatic N) is 2. The standard InChI is InChI=1S/C27H24N2O7/c1-32-22-10-6-9-18(27(22)33-2)21-12-20(28-29(21)14-17-7-4-3-5-8-17)19-11-24-25(36-16-35-24)13-23(19)34-15-26(30)31/h3-13H,14-16H2,1-2H3,(H,30,31). The predicted octanol–water partition coefficient (Wildman–Crippen LogP) is 4.47. The van der Waals surface area contributed by atoms with Crippen LogP contribution in [0.15, 0.2) is 66.7 Å². The van der Waals surface area contributed by atoms with Gasteiger partial charge >= 0.3 is 5.97 Å². The first-order chi connectivity index (χ1) is 17.6. The lowest BCUT2D eigenvalue weighted by molar-refractivity contribution is -0.139. The van der Waals surface area contributed by atoms with Crippen LogP contribution in [0.3, 0.4) is 0 Å². The number of carboxylic acids is 1. The second-order valence-corrected chi connectivity index (χ2v) is 7.98. The average Bonchev–Trinajstić information content (AvgIpc) is 3.53. The summed E-state index contributed by atoms with van der Waals surface area (Å²) in [7, 11) is 3.18. The molecule has 1 aliphatic heterocycles. The van der Waals surface area contributed by atoms with Crippen LogP contribution < -0.4 is 23.7 Å². The van der Waals surface area contributed by atoms with Crippen LogP contribution in [0.4, 0.5) is 0 Å². The van der Waals surface area contributed by atoms with Crippen LogP contribution in [-0.4, -0.2) is 48.5 Å². The first kappa shape index (κ1) is 23.1. The number of hydrogen-bond donors (Lipinski definition) is 1. The molecular formula is C27H24N2O7. The zero-order valence-corrected chi connectivity index (χ0v) is 19.8. The topological polar surface area (TPSA) is 101 Å². The molecule has 1 N–H and O–H groups in total. The van der Waals surface area contributed by atoms with Crippen LogP contribution in [0.1, 0.15) is 5.56 Å². The first-order valence-corrected chi connectivity index (χ1v) is 11.2. The van der Waals surface area contributed by atoms with Crippen molar-refractivity contribution in [1.29, 1.82) is 0 Å². The summed E-state index contributed by atoms with van der Waals surface area (Å²) in [5.74, 6) is 1.43. The van der Waals surface area contributed by atoms with E-state index in [0.717, 1.165) is 16.8 Å². The molecule has 0 atom stereocenters. The van der Waals surface area contributed by atoms with Gasteiger partial charge in [-0.25, -0.2) is 4.79 Å². The molecule has 9 heteroatoms. The van der Waals surface area contributed by atoms with E-state index < -0.39 is 12.6 Å². The SMILES string of the molecule is COc1cccc(-c2cc(-c3cc4c(cc3OCC(=O)O)OCO4)nn2Cc2ccccc2)c1OC. The molecule has 0 aliphatic carbocycles. The van der Waals surface area contributed by atoms with Crippen molar-refractivity contribution < 1.29 is 33.6 Å². The minimum absolute atomic E-state index is 0.0753. The van der Waals surface area contributed by atoms with Crippen molar-refractivity contribution in [3.05, 3.63) is 72.3 Å². The number of ether oxygens (including phenoxy) is 5. The highest BCUT2D eigenvalue weighted by Crippen LogP contribution is 2.44. The largest absolute Gasteiger partial charge is 0.493 e. The number of hydrogen-bond acceptors (Lipinski definition) is 7. The molecule has 0 saturated heterocycles. The summed E-state index contributed by atoms with van der Waals surface area (Å²) < 4.78 is 29.7. The molecule has 0 unspecified atom stereocenters. The van der Waals surface area contributed by atoms with Crippen LogP contribution >= 0.6 is 0 Å². The molecule has 1 aliphatic rings. The highest BCUT2D eigenvalue weighted by Gasteiger charge is 2.24. The normalized spacial score (nSPS) is 11.8. The summed E-state index contributed by atoms with van der Waals surface area (Å²) in [5, 5.41) is 14.1. The number of benzene rings is 3. The van der Waals surface area contributed by atoms with Gasteiger partial charge in [-0.3, -0.25) is 4.68 Å². The number of rotatable bonds is 9. The Morgan fingerprint density at radius 1 is 0.944 bits per heavy atom. The Hall–Kier alpha value is -4.66. The maximum atomic E-state index is 11.2. The van der Waals surface area contributed by atoms with E-state index in [-0.39, 0.29) is 6.79 Å². The molecule has 0 bridgehead atoms. The van der Waals surface area contributed by atoms with Crippen LogP contribution in [0.25, 0.3) is 22.5 Å². The fourth-order valence-corrected chi connectivity index (χ4v) is 4.11. The number of methoxy groups -OCH3 is 2. The van der Waals surface area contributed by atoms with Crippen molar-refractivity contribution >= 4 is 5.97 Å². The van der Waals surface area contributed by atoms with Crippen LogP contribution in [0, 0.1) is 0 Å². The maximum absolute atomic E-state index is 11.2. The van der Waals surface area contributed by atoms with Crippen molar-refractivity contribution in [3.63, 3.8) is 0 Å². The lowest BCUT2D eigenvalue weighted by atomic mass is 10.1. The molecule has 1 aromatic heterocycles. The highest BCUT2D eigenvalue weighted by molar-refractivity contribution is 5.79. The number of carboxylic acid groups (broad SMARTS) is 1. The number of fused-ring (bicyclic) bond motifs is 1. The third kappa shape index (κ3) is 4.50. The molecule has 0 spiro atoms. The molecule has 0 amide bonds. The molecule has 0 saturated carbocycles. The van der Waals surface area contributed by atoms with E-state index in [1.807, 2.05) is 59.3 Å². The van der Waals surface area contributed by atoms with Gasteiger partial charge in [-0.2, -0.15) is 5.10 Å². The average molecular weight is 488 g/mol. The van der Waals surface area contributed by atoms with Crippen LogP contribution in [0.2, 0.25) is 0 Å². The molecule has 3 aromatic carbocycles. The molecular weight excluding hydrogens is 464 g/mol. The summed E-state index contributed by atoms with van der Waals surface area (Å²) in [6.07, 6.45) is 0. The van der Waals surface area contributed by atoms with Crippen molar-refractivity contribution in [2.45, 2.75) is 6.54 Å². The van der Waals surface area contributed by atoms with Crippen molar-refractivity contribution in [2.24, 2.45) is 0 Å². The Labute approximate surface area is 207 Å². The second-order valence-electron chi connectivity index (χ2n) is 7.98. The molecule has 2 heterocycles. The van der Waals surface area contributed by atoms with Crippen molar-refractivity contribution in [1.82, 2.24) is 9.78 Å². The molecule has 9 nitrogen and oxygen atoms in total. The van der Waals surface area contributed by atoms with E-state index >= 15 is 0 Å². The van der Waals surface area contributed by atoms with Gasteiger partial charge in [0.15, 0.2) is 29.6 Å². The Morgan fingerprint density at radius 2 is 1.72 bits per heavy atom. The molecule has 4 aromatic rings. The lowest BCUT2D eigenvalue weighted by Crippen LogP contribution is -2.10. The third-order valence-electron chi connectivity index (χ3n) is 5.74. The Morgan fingerprint density at radius 3 is 2.44 bits per heavy atom. The maximum Gasteiger partial charge on any atom is 0.341 e. The van der Waals surface area contributed by atoms with E-state index in [4.69, 9.17) is 28.8 Å². The van der Waals surface area contributed by atoms with Crippen LogP contribution in [-0.2, 0) is 11.3 Å².